The largest absolute Gasteiger partial charge is 0.484 e. The number of carbonyl (C=O) groups excluding carboxylic acids is 1. The molecule has 0 aliphatic carbocycles. The summed E-state index contributed by atoms with van der Waals surface area (Å²) in [5, 5.41) is 2.85. The number of aryl methyl sites for hydroxylation is 2. The van der Waals surface area contributed by atoms with Crippen LogP contribution in [0.25, 0.3) is 0 Å². The Kier molecular flexibility index (Phi) is 5.82. The Hall–Kier alpha value is -2.38. The molecule has 0 bridgehead atoms. The highest BCUT2D eigenvalue weighted by Crippen LogP contribution is 2.23. The maximum absolute atomic E-state index is 12.5. The molecule has 1 amide bonds. The molecule has 1 heterocycles. The van der Waals surface area contributed by atoms with Gasteiger partial charge in [-0.15, -0.1) is 0 Å². The number of para-hydroxylation sites is 1. The second-order valence-electron chi connectivity index (χ2n) is 6.69. The minimum Gasteiger partial charge on any atom is -0.484 e. The topological polar surface area (TPSA) is 75.7 Å². The number of nitrogens with one attached hydrogen (secondary N) is 1. The number of ether oxygens (including phenoxy) is 1. The lowest BCUT2D eigenvalue weighted by Gasteiger charge is -2.16. The molecule has 2 aromatic rings. The van der Waals surface area contributed by atoms with Crippen LogP contribution in [0.4, 0.5) is 5.69 Å². The minimum absolute atomic E-state index is 0.147. The van der Waals surface area contributed by atoms with Crippen molar-refractivity contribution in [1.29, 1.82) is 0 Å². The number of sulfonamides is 1. The highest BCUT2D eigenvalue weighted by molar-refractivity contribution is 7.89. The fraction of sp³-hybridized carbons (Fsp3) is 0.350. The molecular weight excluding hydrogens is 364 g/mol. The summed E-state index contributed by atoms with van der Waals surface area (Å²) in [4.78, 5) is 12.4. The molecule has 1 aliphatic rings. The van der Waals surface area contributed by atoms with Crippen molar-refractivity contribution >= 4 is 21.6 Å². The molecular formula is C20H24N2O4S. The standard InChI is InChI=1S/C20H24N2O4S/c1-15-6-5-7-16(2)20(15)21-19(23)14-26-17-8-10-18(11-9-17)27(24,25)22-12-3-4-13-22/h5-11H,3-4,12-14H2,1-2H3,(H,21,23). The molecule has 1 N–H and O–H groups in total. The molecule has 6 nitrogen and oxygen atoms in total. The van der Waals surface area contributed by atoms with Crippen LogP contribution in [0.5, 0.6) is 5.75 Å². The number of amides is 1. The minimum atomic E-state index is -3.44. The first kappa shape index (κ1) is 19.4. The molecule has 0 spiro atoms. The molecule has 27 heavy (non-hydrogen) atoms. The maximum Gasteiger partial charge on any atom is 0.262 e. The van der Waals surface area contributed by atoms with Crippen LogP contribution in [0, 0.1) is 13.8 Å². The van der Waals surface area contributed by atoms with Crippen LogP contribution < -0.4 is 10.1 Å². The summed E-state index contributed by atoms with van der Waals surface area (Å²) in [5.41, 5.74) is 2.76. The van der Waals surface area contributed by atoms with Crippen molar-refractivity contribution in [3.8, 4) is 5.75 Å². The summed E-state index contributed by atoms with van der Waals surface area (Å²) in [6, 6.07) is 12.0. The van der Waals surface area contributed by atoms with E-state index in [4.69, 9.17) is 4.74 Å². The number of hydrogen-bond acceptors (Lipinski definition) is 4. The second kappa shape index (κ2) is 8.10. The van der Waals surface area contributed by atoms with Crippen LogP contribution in [0.15, 0.2) is 47.4 Å². The van der Waals surface area contributed by atoms with E-state index >= 15 is 0 Å². The van der Waals surface area contributed by atoms with Crippen LogP contribution in [0.1, 0.15) is 24.0 Å². The van der Waals surface area contributed by atoms with Crippen molar-refractivity contribution in [3.05, 3.63) is 53.6 Å². The monoisotopic (exact) mass is 388 g/mol. The normalized spacial score (nSPS) is 14.9. The molecule has 3 rings (SSSR count). The first-order valence-corrected chi connectivity index (χ1v) is 10.4. The highest BCUT2D eigenvalue weighted by atomic mass is 32.2. The molecule has 1 saturated heterocycles. The summed E-state index contributed by atoms with van der Waals surface area (Å²) >= 11 is 0. The van der Waals surface area contributed by atoms with Gasteiger partial charge in [0.2, 0.25) is 10.0 Å². The third-order valence-electron chi connectivity index (χ3n) is 4.64. The lowest BCUT2D eigenvalue weighted by molar-refractivity contribution is -0.118. The smallest absolute Gasteiger partial charge is 0.262 e. The Morgan fingerprint density at radius 1 is 1.04 bits per heavy atom. The van der Waals surface area contributed by atoms with Crippen molar-refractivity contribution in [2.45, 2.75) is 31.6 Å². The van der Waals surface area contributed by atoms with Crippen LogP contribution in [-0.2, 0) is 14.8 Å². The van der Waals surface area contributed by atoms with Gasteiger partial charge in [0.15, 0.2) is 6.61 Å². The molecule has 2 aromatic carbocycles. The summed E-state index contributed by atoms with van der Waals surface area (Å²) in [6.07, 6.45) is 1.80. The van der Waals surface area contributed by atoms with Gasteiger partial charge in [0.1, 0.15) is 5.75 Å². The van der Waals surface area contributed by atoms with Crippen molar-refractivity contribution in [3.63, 3.8) is 0 Å². The van der Waals surface area contributed by atoms with E-state index in [1.165, 1.54) is 16.4 Å². The first-order chi connectivity index (χ1) is 12.9. The van der Waals surface area contributed by atoms with Gasteiger partial charge in [0.05, 0.1) is 4.90 Å². The fourth-order valence-electron chi connectivity index (χ4n) is 3.12. The lowest BCUT2D eigenvalue weighted by atomic mass is 10.1. The third-order valence-corrected chi connectivity index (χ3v) is 6.55. The number of anilines is 1. The third kappa shape index (κ3) is 4.48. The van der Waals surface area contributed by atoms with Crippen LogP contribution in [0.2, 0.25) is 0 Å². The average molecular weight is 388 g/mol. The zero-order valence-electron chi connectivity index (χ0n) is 15.6. The van der Waals surface area contributed by atoms with E-state index in [1.54, 1.807) is 12.1 Å². The zero-order valence-corrected chi connectivity index (χ0v) is 16.4. The van der Waals surface area contributed by atoms with Gasteiger partial charge in [0, 0.05) is 18.8 Å². The molecule has 1 fully saturated rings. The van der Waals surface area contributed by atoms with E-state index in [-0.39, 0.29) is 17.4 Å². The van der Waals surface area contributed by atoms with Crippen LogP contribution >= 0.6 is 0 Å². The van der Waals surface area contributed by atoms with E-state index < -0.39 is 10.0 Å². The van der Waals surface area contributed by atoms with Gasteiger partial charge in [-0.25, -0.2) is 8.42 Å². The zero-order chi connectivity index (χ0) is 19.4. The van der Waals surface area contributed by atoms with E-state index in [2.05, 4.69) is 5.32 Å². The number of hydrogen-bond donors (Lipinski definition) is 1. The van der Waals surface area contributed by atoms with E-state index in [0.717, 1.165) is 29.7 Å². The second-order valence-corrected chi connectivity index (χ2v) is 8.62. The van der Waals surface area contributed by atoms with Crippen molar-refractivity contribution < 1.29 is 17.9 Å². The molecule has 1 aliphatic heterocycles. The van der Waals surface area contributed by atoms with Gasteiger partial charge in [0.25, 0.3) is 5.91 Å². The summed E-state index contributed by atoms with van der Waals surface area (Å²) in [5.74, 6) is 0.188. The molecule has 0 saturated carbocycles. The molecule has 0 radical (unpaired) electrons. The maximum atomic E-state index is 12.5. The average Bonchev–Trinajstić information content (AvgIpc) is 3.19. The van der Waals surface area contributed by atoms with Gasteiger partial charge >= 0.3 is 0 Å². The van der Waals surface area contributed by atoms with Gasteiger partial charge in [-0.3, -0.25) is 4.79 Å². The predicted molar refractivity (Wildman–Crippen MR) is 104 cm³/mol. The number of benzene rings is 2. The SMILES string of the molecule is Cc1cccc(C)c1NC(=O)COc1ccc(S(=O)(=O)N2CCCC2)cc1. The summed E-state index contributed by atoms with van der Waals surface area (Å²) in [7, 11) is -3.44. The fourth-order valence-corrected chi connectivity index (χ4v) is 4.64. The Morgan fingerprint density at radius 3 is 2.22 bits per heavy atom. The van der Waals surface area contributed by atoms with Gasteiger partial charge in [-0.1, -0.05) is 18.2 Å². The van der Waals surface area contributed by atoms with E-state index in [1.807, 2.05) is 32.0 Å². The summed E-state index contributed by atoms with van der Waals surface area (Å²) in [6.45, 7) is 4.86. The van der Waals surface area contributed by atoms with Crippen molar-refractivity contribution in [2.75, 3.05) is 25.0 Å². The number of carbonyl (C=O) groups is 1. The van der Waals surface area contributed by atoms with E-state index in [0.29, 0.717) is 18.8 Å². The molecule has 144 valence electrons. The number of nitrogens with zero attached hydrogens (tertiary/aromatic N) is 1. The number of rotatable bonds is 6. The lowest BCUT2D eigenvalue weighted by Crippen LogP contribution is -2.27. The van der Waals surface area contributed by atoms with Gasteiger partial charge in [-0.2, -0.15) is 4.31 Å². The van der Waals surface area contributed by atoms with Crippen LogP contribution in [-0.4, -0.2) is 38.3 Å². The Balaban J connectivity index is 1.59. The molecule has 0 unspecified atom stereocenters. The first-order valence-electron chi connectivity index (χ1n) is 8.97. The summed E-state index contributed by atoms with van der Waals surface area (Å²) < 4.78 is 32.0. The molecule has 0 atom stereocenters. The van der Waals surface area contributed by atoms with E-state index in [9.17, 15) is 13.2 Å². The Morgan fingerprint density at radius 2 is 1.63 bits per heavy atom. The van der Waals surface area contributed by atoms with Crippen molar-refractivity contribution in [2.24, 2.45) is 0 Å². The molecule has 0 aromatic heterocycles. The Bertz CT molecular complexity index is 897. The van der Waals surface area contributed by atoms with Gasteiger partial charge < -0.3 is 10.1 Å². The predicted octanol–water partition coefficient (Wildman–Crippen LogP) is 3.11. The highest BCUT2D eigenvalue weighted by Gasteiger charge is 2.26. The van der Waals surface area contributed by atoms with Crippen LogP contribution in [0.3, 0.4) is 0 Å². The van der Waals surface area contributed by atoms with Gasteiger partial charge in [-0.05, 0) is 62.1 Å². The van der Waals surface area contributed by atoms with Crippen molar-refractivity contribution in [1.82, 2.24) is 4.31 Å². The quantitative estimate of drug-likeness (QED) is 0.825. The molecule has 7 heteroatoms. The Labute approximate surface area is 160 Å².